The van der Waals surface area contributed by atoms with E-state index >= 15 is 0 Å². The maximum atomic E-state index is 6.26. The lowest BCUT2D eigenvalue weighted by Crippen LogP contribution is -2.47. The molecule has 0 amide bonds. The van der Waals surface area contributed by atoms with Crippen LogP contribution in [-0.4, -0.2) is 6.04 Å². The summed E-state index contributed by atoms with van der Waals surface area (Å²) in [6, 6.07) is 13.7. The monoisotopic (exact) mass is 387 g/mol. The van der Waals surface area contributed by atoms with Gasteiger partial charge in [-0.3, -0.25) is 0 Å². The van der Waals surface area contributed by atoms with Crippen molar-refractivity contribution in [3.8, 4) is 5.75 Å². The predicted octanol–water partition coefficient (Wildman–Crippen LogP) is 4.70. The van der Waals surface area contributed by atoms with E-state index in [1.807, 2.05) is 37.3 Å². The summed E-state index contributed by atoms with van der Waals surface area (Å²) < 4.78 is 7.16. The second-order valence-corrected chi connectivity index (χ2v) is 6.36. The van der Waals surface area contributed by atoms with Crippen LogP contribution in [0, 0.1) is 0 Å². The summed E-state index contributed by atoms with van der Waals surface area (Å²) in [5.74, 6) is 0.849. The fourth-order valence-electron chi connectivity index (χ4n) is 2.73. The highest BCUT2D eigenvalue weighted by Crippen LogP contribution is 2.47. The zero-order valence-electron chi connectivity index (χ0n) is 11.5. The zero-order chi connectivity index (χ0) is 14.3. The third-order valence-corrected chi connectivity index (χ3v) is 5.33. The molecule has 1 heterocycles. The van der Waals surface area contributed by atoms with Gasteiger partial charge < -0.3 is 10.5 Å². The first-order valence-electron chi connectivity index (χ1n) is 6.51. The van der Waals surface area contributed by atoms with Crippen LogP contribution in [0.4, 0.5) is 0 Å². The van der Waals surface area contributed by atoms with Gasteiger partial charge in [-0.05, 0) is 40.5 Å². The van der Waals surface area contributed by atoms with Crippen LogP contribution in [-0.2, 0) is 12.0 Å². The van der Waals surface area contributed by atoms with E-state index in [0.29, 0.717) is 11.4 Å². The maximum absolute atomic E-state index is 6.26. The van der Waals surface area contributed by atoms with Crippen LogP contribution in [0.2, 0.25) is 5.02 Å². The minimum atomic E-state index is -0.531. The predicted molar refractivity (Wildman–Crippen MR) is 92.5 cm³/mol. The van der Waals surface area contributed by atoms with Gasteiger partial charge in [-0.1, -0.05) is 41.9 Å². The van der Waals surface area contributed by atoms with Gasteiger partial charge in [0.1, 0.15) is 5.75 Å². The highest BCUT2D eigenvalue weighted by atomic mass is 79.9. The number of fused-ring (bicyclic) bond motifs is 1. The summed E-state index contributed by atoms with van der Waals surface area (Å²) in [4.78, 5) is 0. The first-order chi connectivity index (χ1) is 9.54. The summed E-state index contributed by atoms with van der Waals surface area (Å²) in [5, 5.41) is 0.695. The Balaban J connectivity index is 0.00000161. The van der Waals surface area contributed by atoms with Crippen molar-refractivity contribution < 1.29 is 4.74 Å². The van der Waals surface area contributed by atoms with E-state index < -0.39 is 5.60 Å². The average Bonchev–Trinajstić information content (AvgIpc) is 2.86. The Hall–Kier alpha value is -0.740. The van der Waals surface area contributed by atoms with Crippen LogP contribution in [0.5, 0.6) is 5.75 Å². The lowest BCUT2D eigenvalue weighted by molar-refractivity contribution is 0.0686. The molecule has 1 aliphatic rings. The molecule has 2 aromatic carbocycles. The number of hydrogen-bond donors (Lipinski definition) is 1. The molecule has 0 spiro atoms. The second-order valence-electron chi connectivity index (χ2n) is 5.16. The van der Waals surface area contributed by atoms with Crippen LogP contribution >= 0.6 is 39.9 Å². The highest BCUT2D eigenvalue weighted by molar-refractivity contribution is 9.10. The van der Waals surface area contributed by atoms with Crippen LogP contribution < -0.4 is 10.5 Å². The van der Waals surface area contributed by atoms with Gasteiger partial charge in [-0.15, -0.1) is 12.4 Å². The second kappa shape index (κ2) is 6.17. The van der Waals surface area contributed by atoms with Crippen molar-refractivity contribution in [3.05, 3.63) is 63.1 Å². The molecule has 0 saturated carbocycles. The largest absolute Gasteiger partial charge is 0.480 e. The van der Waals surface area contributed by atoms with Crippen molar-refractivity contribution in [2.24, 2.45) is 5.73 Å². The van der Waals surface area contributed by atoms with E-state index in [0.717, 1.165) is 21.3 Å². The average molecular weight is 389 g/mol. The third kappa shape index (κ3) is 2.68. The fourth-order valence-corrected chi connectivity index (χ4v) is 3.37. The number of hydrogen-bond acceptors (Lipinski definition) is 2. The van der Waals surface area contributed by atoms with E-state index in [4.69, 9.17) is 22.1 Å². The highest BCUT2D eigenvalue weighted by Gasteiger charge is 2.45. The molecule has 5 heteroatoms. The SMILES string of the molecule is CC(N)C1(c2ccccc2)Cc2c(ccc(Cl)c2Br)O1.Cl. The Morgan fingerprint density at radius 3 is 2.52 bits per heavy atom. The Morgan fingerprint density at radius 1 is 1.24 bits per heavy atom. The van der Waals surface area contributed by atoms with Crippen molar-refractivity contribution in [1.82, 2.24) is 0 Å². The van der Waals surface area contributed by atoms with Gasteiger partial charge in [0.15, 0.2) is 5.60 Å². The number of halogens is 3. The molecule has 3 rings (SSSR count). The van der Waals surface area contributed by atoms with Crippen LogP contribution in [0.3, 0.4) is 0 Å². The Labute approximate surface area is 144 Å². The normalized spacial score (nSPS) is 21.1. The van der Waals surface area contributed by atoms with Gasteiger partial charge in [0.25, 0.3) is 0 Å². The van der Waals surface area contributed by atoms with Gasteiger partial charge >= 0.3 is 0 Å². The molecular weight excluding hydrogens is 373 g/mol. The van der Waals surface area contributed by atoms with Crippen molar-refractivity contribution in [2.45, 2.75) is 25.0 Å². The number of benzene rings is 2. The minimum Gasteiger partial charge on any atom is -0.480 e. The van der Waals surface area contributed by atoms with E-state index in [1.54, 1.807) is 0 Å². The first-order valence-corrected chi connectivity index (χ1v) is 7.69. The van der Waals surface area contributed by atoms with Gasteiger partial charge in [0, 0.05) is 22.5 Å². The summed E-state index contributed by atoms with van der Waals surface area (Å²) in [6.45, 7) is 1.98. The summed E-state index contributed by atoms with van der Waals surface area (Å²) >= 11 is 9.73. The molecular formula is C16H16BrCl2NO. The first kappa shape index (κ1) is 16.6. The molecule has 0 fully saturated rings. The van der Waals surface area contributed by atoms with Gasteiger partial charge in [0.2, 0.25) is 0 Å². The van der Waals surface area contributed by atoms with E-state index in [2.05, 4.69) is 28.1 Å². The molecule has 0 aromatic heterocycles. The molecule has 2 unspecified atom stereocenters. The van der Waals surface area contributed by atoms with Crippen molar-refractivity contribution in [3.63, 3.8) is 0 Å². The smallest absolute Gasteiger partial charge is 0.153 e. The molecule has 2 atom stereocenters. The van der Waals surface area contributed by atoms with Gasteiger partial charge in [-0.25, -0.2) is 0 Å². The number of rotatable bonds is 2. The number of ether oxygens (including phenoxy) is 1. The molecule has 1 aliphatic heterocycles. The Bertz CT molecular complexity index is 648. The van der Waals surface area contributed by atoms with Crippen LogP contribution in [0.1, 0.15) is 18.1 Å². The molecule has 2 aromatic rings. The topological polar surface area (TPSA) is 35.2 Å². The van der Waals surface area contributed by atoms with E-state index in [-0.39, 0.29) is 18.4 Å². The molecule has 2 N–H and O–H groups in total. The van der Waals surface area contributed by atoms with Gasteiger partial charge in [-0.2, -0.15) is 0 Å². The minimum absolute atomic E-state index is 0. The molecule has 2 nitrogen and oxygen atoms in total. The summed E-state index contributed by atoms with van der Waals surface area (Å²) in [5.41, 5.74) is 7.90. The van der Waals surface area contributed by atoms with Crippen molar-refractivity contribution in [1.29, 1.82) is 0 Å². The van der Waals surface area contributed by atoms with E-state index in [9.17, 15) is 0 Å². The lowest BCUT2D eigenvalue weighted by Gasteiger charge is -2.33. The fraction of sp³-hybridized carbons (Fsp3) is 0.250. The van der Waals surface area contributed by atoms with Crippen LogP contribution in [0.15, 0.2) is 46.9 Å². The zero-order valence-corrected chi connectivity index (χ0v) is 14.6. The molecule has 0 radical (unpaired) electrons. The number of nitrogens with two attached hydrogens (primary N) is 1. The Morgan fingerprint density at radius 2 is 1.90 bits per heavy atom. The molecule has 0 saturated heterocycles. The standard InChI is InChI=1S/C16H15BrClNO.ClH/c1-10(19)16(11-5-3-2-4-6-11)9-12-14(20-16)8-7-13(18)15(12)17;/h2-8,10H,9,19H2,1H3;1H. The van der Waals surface area contributed by atoms with E-state index in [1.165, 1.54) is 0 Å². The molecule has 0 aliphatic carbocycles. The Kier molecular flexibility index (Phi) is 4.89. The lowest BCUT2D eigenvalue weighted by atomic mass is 9.84. The maximum Gasteiger partial charge on any atom is 0.153 e. The van der Waals surface area contributed by atoms with Crippen LogP contribution in [0.25, 0.3) is 0 Å². The third-order valence-electron chi connectivity index (χ3n) is 3.88. The van der Waals surface area contributed by atoms with Gasteiger partial charge in [0.05, 0.1) is 5.02 Å². The quantitative estimate of drug-likeness (QED) is 0.808. The van der Waals surface area contributed by atoms with Crippen molar-refractivity contribution >= 4 is 39.9 Å². The molecule has 0 bridgehead atoms. The molecule has 21 heavy (non-hydrogen) atoms. The molecule has 112 valence electrons. The summed E-state index contributed by atoms with van der Waals surface area (Å²) in [6.07, 6.45) is 0.713. The summed E-state index contributed by atoms with van der Waals surface area (Å²) in [7, 11) is 0. The van der Waals surface area contributed by atoms with Crippen molar-refractivity contribution in [2.75, 3.05) is 0 Å².